The van der Waals surface area contributed by atoms with Crippen molar-refractivity contribution >= 4 is 21.7 Å². The van der Waals surface area contributed by atoms with Crippen LogP contribution >= 0.6 is 15.9 Å². The summed E-state index contributed by atoms with van der Waals surface area (Å²) in [6.07, 6.45) is 0. The Morgan fingerprint density at radius 2 is 1.78 bits per heavy atom. The van der Waals surface area contributed by atoms with Crippen molar-refractivity contribution in [2.45, 2.75) is 0 Å². The van der Waals surface area contributed by atoms with Crippen LogP contribution in [0.25, 0.3) is 0 Å². The Morgan fingerprint density at radius 3 is 2.50 bits per heavy atom. The summed E-state index contributed by atoms with van der Waals surface area (Å²) in [5.41, 5.74) is 0.367. The molecular weight excluding hydrogens is 299 g/mol. The smallest absolute Gasteiger partial charge is 0.199 e. The number of para-hydroxylation sites is 1. The molecule has 0 saturated heterocycles. The summed E-state index contributed by atoms with van der Waals surface area (Å²) in [7, 11) is 1.48. The van der Waals surface area contributed by atoms with E-state index in [2.05, 4.69) is 15.9 Å². The van der Waals surface area contributed by atoms with Crippen molar-refractivity contribution < 1.29 is 13.9 Å². The van der Waals surface area contributed by atoms with Crippen LogP contribution in [-0.4, -0.2) is 12.9 Å². The van der Waals surface area contributed by atoms with Crippen LogP contribution in [0.15, 0.2) is 46.9 Å². The minimum Gasteiger partial charge on any atom is -0.496 e. The van der Waals surface area contributed by atoms with Crippen LogP contribution in [0.5, 0.6) is 5.75 Å². The first-order valence-corrected chi connectivity index (χ1v) is 6.06. The second kappa shape index (κ2) is 5.31. The zero-order valence-corrected chi connectivity index (χ0v) is 11.2. The maximum Gasteiger partial charge on any atom is 0.199 e. The average Bonchev–Trinajstić information content (AvgIpc) is 2.41. The maximum atomic E-state index is 13.9. The molecular formula is C14H10BrFO2. The Balaban J connectivity index is 2.52. The molecule has 4 heteroatoms. The van der Waals surface area contributed by atoms with Gasteiger partial charge in [0.15, 0.2) is 5.78 Å². The van der Waals surface area contributed by atoms with Crippen LogP contribution in [0.1, 0.15) is 15.9 Å². The molecule has 0 unspecified atom stereocenters. The average molecular weight is 309 g/mol. The molecule has 0 aliphatic heterocycles. The number of benzene rings is 2. The zero-order chi connectivity index (χ0) is 13.1. The summed E-state index contributed by atoms with van der Waals surface area (Å²) in [4.78, 5) is 12.3. The van der Waals surface area contributed by atoms with E-state index >= 15 is 0 Å². The molecule has 92 valence electrons. The highest BCUT2D eigenvalue weighted by molar-refractivity contribution is 9.10. The molecule has 0 heterocycles. The van der Waals surface area contributed by atoms with Gasteiger partial charge in [-0.1, -0.05) is 18.2 Å². The Labute approximate surface area is 113 Å². The maximum absolute atomic E-state index is 13.9. The van der Waals surface area contributed by atoms with Gasteiger partial charge in [-0.2, -0.15) is 0 Å². The number of methoxy groups -OCH3 is 1. The lowest BCUT2D eigenvalue weighted by Gasteiger charge is -2.08. The van der Waals surface area contributed by atoms with E-state index in [0.29, 0.717) is 11.3 Å². The van der Waals surface area contributed by atoms with Crippen molar-refractivity contribution in [2.75, 3.05) is 7.11 Å². The van der Waals surface area contributed by atoms with Crippen molar-refractivity contribution in [3.8, 4) is 5.75 Å². The molecule has 0 atom stereocenters. The molecule has 0 bridgehead atoms. The Morgan fingerprint density at radius 1 is 1.11 bits per heavy atom. The third kappa shape index (κ3) is 2.29. The van der Waals surface area contributed by atoms with Crippen molar-refractivity contribution in [1.82, 2.24) is 0 Å². The molecule has 0 saturated carbocycles. The van der Waals surface area contributed by atoms with Crippen molar-refractivity contribution in [1.29, 1.82) is 0 Å². The van der Waals surface area contributed by atoms with Crippen LogP contribution in [0.3, 0.4) is 0 Å². The van der Waals surface area contributed by atoms with Gasteiger partial charge in [0, 0.05) is 0 Å². The molecule has 0 aliphatic carbocycles. The second-order valence-corrected chi connectivity index (χ2v) is 4.49. The molecule has 0 aliphatic rings. The number of rotatable bonds is 3. The van der Waals surface area contributed by atoms with Gasteiger partial charge in [-0.25, -0.2) is 4.39 Å². The first-order valence-electron chi connectivity index (χ1n) is 5.27. The summed E-state index contributed by atoms with van der Waals surface area (Å²) in [6.45, 7) is 0. The lowest BCUT2D eigenvalue weighted by molar-refractivity contribution is 0.103. The fourth-order valence-corrected chi connectivity index (χ4v) is 2.02. The second-order valence-electron chi connectivity index (χ2n) is 3.63. The summed E-state index contributed by atoms with van der Waals surface area (Å²) >= 11 is 3.06. The van der Waals surface area contributed by atoms with E-state index in [9.17, 15) is 9.18 Å². The van der Waals surface area contributed by atoms with E-state index < -0.39 is 11.6 Å². The third-order valence-electron chi connectivity index (χ3n) is 2.55. The van der Waals surface area contributed by atoms with E-state index in [4.69, 9.17) is 4.74 Å². The topological polar surface area (TPSA) is 26.3 Å². The van der Waals surface area contributed by atoms with Crippen molar-refractivity contribution in [3.63, 3.8) is 0 Å². The number of carbonyl (C=O) groups excluding carboxylic acids is 1. The lowest BCUT2D eigenvalue weighted by atomic mass is 10.0. The number of hydrogen-bond donors (Lipinski definition) is 0. The Hall–Kier alpha value is -1.68. The molecule has 18 heavy (non-hydrogen) atoms. The largest absolute Gasteiger partial charge is 0.496 e. The van der Waals surface area contributed by atoms with Crippen molar-refractivity contribution in [3.05, 3.63) is 63.9 Å². The summed E-state index contributed by atoms with van der Waals surface area (Å²) in [5, 5.41) is 0. The van der Waals surface area contributed by atoms with E-state index in [0.717, 1.165) is 0 Å². The van der Waals surface area contributed by atoms with Gasteiger partial charge in [0.1, 0.15) is 11.6 Å². The van der Waals surface area contributed by atoms with Crippen LogP contribution in [-0.2, 0) is 0 Å². The van der Waals surface area contributed by atoms with Gasteiger partial charge >= 0.3 is 0 Å². The van der Waals surface area contributed by atoms with Gasteiger partial charge in [0.2, 0.25) is 0 Å². The Kier molecular flexibility index (Phi) is 3.77. The number of ketones is 1. The predicted octanol–water partition coefficient (Wildman–Crippen LogP) is 3.83. The number of carbonyl (C=O) groups is 1. The van der Waals surface area contributed by atoms with Crippen LogP contribution < -0.4 is 4.74 Å². The van der Waals surface area contributed by atoms with Gasteiger partial charge < -0.3 is 4.74 Å². The van der Waals surface area contributed by atoms with Crippen LogP contribution in [0.2, 0.25) is 0 Å². The minimum atomic E-state index is -0.562. The highest BCUT2D eigenvalue weighted by Gasteiger charge is 2.18. The summed E-state index contributed by atoms with van der Waals surface area (Å²) in [6, 6.07) is 11.4. The summed E-state index contributed by atoms with van der Waals surface area (Å²) in [5.74, 6) is -0.526. The molecule has 2 aromatic carbocycles. The fourth-order valence-electron chi connectivity index (χ4n) is 1.66. The van der Waals surface area contributed by atoms with Gasteiger partial charge in [0.25, 0.3) is 0 Å². The molecule has 2 nitrogen and oxygen atoms in total. The van der Waals surface area contributed by atoms with Gasteiger partial charge in [0.05, 0.1) is 22.7 Å². The molecule has 2 rings (SSSR count). The standard InChI is InChI=1S/C14H10BrFO2/c1-18-12-8-3-2-5-9(12)14(17)10-6-4-7-11(15)13(10)16/h2-8H,1H3. The van der Waals surface area contributed by atoms with Crippen molar-refractivity contribution in [2.24, 2.45) is 0 Å². The molecule has 2 aromatic rings. The lowest BCUT2D eigenvalue weighted by Crippen LogP contribution is -2.06. The monoisotopic (exact) mass is 308 g/mol. The molecule has 0 fully saturated rings. The number of halogens is 2. The van der Waals surface area contributed by atoms with Gasteiger partial charge in [-0.05, 0) is 40.2 Å². The normalized spacial score (nSPS) is 10.2. The number of hydrogen-bond acceptors (Lipinski definition) is 2. The molecule has 0 amide bonds. The van der Waals surface area contributed by atoms with E-state index in [1.165, 1.54) is 13.2 Å². The third-order valence-corrected chi connectivity index (χ3v) is 3.16. The first-order chi connectivity index (χ1) is 8.65. The SMILES string of the molecule is COc1ccccc1C(=O)c1cccc(Br)c1F. The van der Waals surface area contributed by atoms with Crippen LogP contribution in [0.4, 0.5) is 4.39 Å². The van der Waals surface area contributed by atoms with E-state index in [1.54, 1.807) is 36.4 Å². The van der Waals surface area contributed by atoms with Gasteiger partial charge in [-0.15, -0.1) is 0 Å². The van der Waals surface area contributed by atoms with Crippen LogP contribution in [0, 0.1) is 5.82 Å². The van der Waals surface area contributed by atoms with E-state index in [-0.39, 0.29) is 10.0 Å². The van der Waals surface area contributed by atoms with E-state index in [1.807, 2.05) is 0 Å². The quantitative estimate of drug-likeness (QED) is 0.806. The molecule has 0 N–H and O–H groups in total. The molecule has 0 radical (unpaired) electrons. The molecule has 0 spiro atoms. The Bertz CT molecular complexity index is 596. The fraction of sp³-hybridized carbons (Fsp3) is 0.0714. The predicted molar refractivity (Wildman–Crippen MR) is 70.5 cm³/mol. The first kappa shape index (κ1) is 12.8. The number of ether oxygens (including phenoxy) is 1. The highest BCUT2D eigenvalue weighted by Crippen LogP contribution is 2.25. The molecule has 0 aromatic heterocycles. The minimum absolute atomic E-state index is 0.0221. The summed E-state index contributed by atoms with van der Waals surface area (Å²) < 4.78 is 19.2. The zero-order valence-electron chi connectivity index (χ0n) is 9.61. The highest BCUT2D eigenvalue weighted by atomic mass is 79.9. The van der Waals surface area contributed by atoms with Gasteiger partial charge in [-0.3, -0.25) is 4.79 Å².